The van der Waals surface area contributed by atoms with Gasteiger partial charge in [0.05, 0.1) is 3.57 Å². The van der Waals surface area contributed by atoms with Crippen molar-refractivity contribution in [3.63, 3.8) is 0 Å². The normalized spacial score (nSPS) is 18.8. The smallest absolute Gasteiger partial charge is 0.331 e. The molecule has 1 heterocycles. The number of nitrogens with one attached hydrogen (secondary N) is 1. The number of urea groups is 1. The van der Waals surface area contributed by atoms with Crippen LogP contribution in [0.5, 0.6) is 5.75 Å². The van der Waals surface area contributed by atoms with Crippen molar-refractivity contribution < 1.29 is 23.5 Å². The molecule has 1 N–H and O–H groups in total. The van der Waals surface area contributed by atoms with Gasteiger partial charge in [-0.2, -0.15) is 0 Å². The van der Waals surface area contributed by atoms with Crippen LogP contribution in [0.4, 0.5) is 9.18 Å². The highest BCUT2D eigenvalue weighted by molar-refractivity contribution is 14.1. The molecular weight excluding hydrogens is 526 g/mol. The number of nitrogens with zero attached hydrogens (tertiary/aromatic N) is 1. The van der Waals surface area contributed by atoms with Gasteiger partial charge in [0.1, 0.15) is 23.7 Å². The van der Waals surface area contributed by atoms with Gasteiger partial charge >= 0.3 is 6.03 Å². The number of amides is 4. The van der Waals surface area contributed by atoms with Crippen LogP contribution in [0.15, 0.2) is 48.0 Å². The zero-order chi connectivity index (χ0) is 22.7. The number of halogens is 2. The first-order chi connectivity index (χ1) is 15.4. The predicted molar refractivity (Wildman–Crippen MR) is 125 cm³/mol. The van der Waals surface area contributed by atoms with Crippen molar-refractivity contribution in [3.05, 3.63) is 68.6 Å². The fourth-order valence-electron chi connectivity index (χ4n) is 4.02. The maximum absolute atomic E-state index is 13.3. The lowest BCUT2D eigenvalue weighted by molar-refractivity contribution is -0.132. The van der Waals surface area contributed by atoms with Gasteiger partial charge in [-0.25, -0.2) is 9.18 Å². The number of benzene rings is 2. The average Bonchev–Trinajstić information content (AvgIpc) is 2.77. The number of hydrogen-bond donors (Lipinski definition) is 1. The molecule has 0 aromatic heterocycles. The maximum atomic E-state index is 13.3. The number of imide groups is 2. The standard InChI is InChI=1S/C24H22FIN2O4/c25-17-6-4-5-16(11-17)14-32-21-10-9-15(13-20(21)26)12-19-22(29)27-24(31)28(23(19)30)18-7-2-1-3-8-18/h4-6,9-13,18H,1-3,7-8,14H2,(H,27,29,31). The Morgan fingerprint density at radius 1 is 1.09 bits per heavy atom. The molecule has 32 heavy (non-hydrogen) atoms. The molecule has 0 unspecified atom stereocenters. The van der Waals surface area contributed by atoms with E-state index in [2.05, 4.69) is 27.9 Å². The van der Waals surface area contributed by atoms with Gasteiger partial charge in [0, 0.05) is 6.04 Å². The van der Waals surface area contributed by atoms with Gasteiger partial charge < -0.3 is 4.74 Å². The van der Waals surface area contributed by atoms with Gasteiger partial charge in [-0.05, 0) is 76.9 Å². The summed E-state index contributed by atoms with van der Waals surface area (Å²) in [6.07, 6.45) is 6.03. The summed E-state index contributed by atoms with van der Waals surface area (Å²) in [4.78, 5) is 38.9. The van der Waals surface area contributed by atoms with Crippen molar-refractivity contribution in [2.75, 3.05) is 0 Å². The van der Waals surface area contributed by atoms with E-state index in [4.69, 9.17) is 4.74 Å². The van der Waals surface area contributed by atoms with Gasteiger partial charge in [-0.1, -0.05) is 37.5 Å². The highest BCUT2D eigenvalue weighted by atomic mass is 127. The second kappa shape index (κ2) is 9.81. The maximum Gasteiger partial charge on any atom is 0.331 e. The molecule has 1 aliphatic heterocycles. The zero-order valence-electron chi connectivity index (χ0n) is 17.3. The molecule has 2 aliphatic rings. The third-order valence-electron chi connectivity index (χ3n) is 5.62. The lowest BCUT2D eigenvalue weighted by Gasteiger charge is -2.35. The molecule has 2 aromatic carbocycles. The Bertz CT molecular complexity index is 1100. The quantitative estimate of drug-likeness (QED) is 0.331. The number of carbonyl (C=O) groups excluding carboxylic acids is 3. The van der Waals surface area contributed by atoms with Crippen molar-refractivity contribution in [1.29, 1.82) is 0 Å². The Morgan fingerprint density at radius 2 is 1.88 bits per heavy atom. The largest absolute Gasteiger partial charge is 0.488 e. The van der Waals surface area contributed by atoms with Gasteiger partial charge in [0.25, 0.3) is 11.8 Å². The minimum atomic E-state index is -0.687. The van der Waals surface area contributed by atoms with Crippen LogP contribution in [0.25, 0.3) is 6.08 Å². The molecule has 1 saturated heterocycles. The van der Waals surface area contributed by atoms with Crippen LogP contribution in [0.3, 0.4) is 0 Å². The molecule has 2 fully saturated rings. The molecule has 8 heteroatoms. The van der Waals surface area contributed by atoms with E-state index in [-0.39, 0.29) is 24.0 Å². The van der Waals surface area contributed by atoms with Gasteiger partial charge in [0.2, 0.25) is 0 Å². The molecule has 2 aromatic rings. The van der Waals surface area contributed by atoms with E-state index in [0.29, 0.717) is 16.9 Å². The summed E-state index contributed by atoms with van der Waals surface area (Å²) in [6.45, 7) is 0.216. The van der Waals surface area contributed by atoms with Crippen LogP contribution in [0, 0.1) is 9.39 Å². The fraction of sp³-hybridized carbons (Fsp3) is 0.292. The Morgan fingerprint density at radius 3 is 2.59 bits per heavy atom. The van der Waals surface area contributed by atoms with Gasteiger partial charge in [-0.15, -0.1) is 0 Å². The molecule has 1 aliphatic carbocycles. The Hall–Kier alpha value is -2.75. The lowest BCUT2D eigenvalue weighted by Crippen LogP contribution is -2.58. The minimum absolute atomic E-state index is 0.0561. The summed E-state index contributed by atoms with van der Waals surface area (Å²) < 4.78 is 19.9. The first-order valence-corrected chi connectivity index (χ1v) is 11.6. The highest BCUT2D eigenvalue weighted by Crippen LogP contribution is 2.28. The van der Waals surface area contributed by atoms with Crippen molar-refractivity contribution >= 4 is 46.5 Å². The molecule has 4 rings (SSSR count). The van der Waals surface area contributed by atoms with Crippen LogP contribution >= 0.6 is 22.6 Å². The van der Waals surface area contributed by atoms with E-state index >= 15 is 0 Å². The monoisotopic (exact) mass is 548 g/mol. The Balaban J connectivity index is 1.51. The van der Waals surface area contributed by atoms with E-state index in [0.717, 1.165) is 35.7 Å². The Kier molecular flexibility index (Phi) is 6.88. The van der Waals surface area contributed by atoms with Crippen LogP contribution in [0.1, 0.15) is 43.2 Å². The first kappa shape index (κ1) is 22.4. The molecular formula is C24H22FIN2O4. The second-order valence-corrected chi connectivity index (χ2v) is 9.05. The lowest BCUT2D eigenvalue weighted by atomic mass is 9.93. The van der Waals surface area contributed by atoms with Crippen molar-refractivity contribution in [3.8, 4) is 5.75 Å². The summed E-state index contributed by atoms with van der Waals surface area (Å²) in [7, 11) is 0. The summed E-state index contributed by atoms with van der Waals surface area (Å²) >= 11 is 2.10. The summed E-state index contributed by atoms with van der Waals surface area (Å²) in [6, 6.07) is 10.6. The van der Waals surface area contributed by atoms with Gasteiger partial charge in [0.15, 0.2) is 0 Å². The first-order valence-electron chi connectivity index (χ1n) is 10.5. The topological polar surface area (TPSA) is 75.7 Å². The van der Waals surface area contributed by atoms with Crippen LogP contribution < -0.4 is 10.1 Å². The third kappa shape index (κ3) is 5.01. The highest BCUT2D eigenvalue weighted by Gasteiger charge is 2.40. The van der Waals surface area contributed by atoms with Crippen LogP contribution in [0.2, 0.25) is 0 Å². The zero-order valence-corrected chi connectivity index (χ0v) is 19.4. The Labute approximate surface area is 199 Å². The number of ether oxygens (including phenoxy) is 1. The van der Waals surface area contributed by atoms with E-state index in [1.54, 1.807) is 30.3 Å². The molecule has 1 saturated carbocycles. The average molecular weight is 548 g/mol. The number of barbiturate groups is 1. The minimum Gasteiger partial charge on any atom is -0.488 e. The van der Waals surface area contributed by atoms with E-state index < -0.39 is 17.8 Å². The van der Waals surface area contributed by atoms with Crippen molar-refractivity contribution in [2.24, 2.45) is 0 Å². The fourth-order valence-corrected chi connectivity index (χ4v) is 4.72. The predicted octanol–water partition coefficient (Wildman–Crippen LogP) is 4.80. The van der Waals surface area contributed by atoms with Gasteiger partial charge in [-0.3, -0.25) is 19.8 Å². The van der Waals surface area contributed by atoms with E-state index in [1.165, 1.54) is 23.1 Å². The SMILES string of the molecule is O=C1NC(=O)N(C2CCCCC2)C(=O)C1=Cc1ccc(OCc2cccc(F)c2)c(I)c1. The molecule has 0 spiro atoms. The molecule has 0 bridgehead atoms. The second-order valence-electron chi connectivity index (χ2n) is 7.89. The summed E-state index contributed by atoms with van der Waals surface area (Å²) in [5, 5.41) is 2.30. The van der Waals surface area contributed by atoms with E-state index in [1.807, 2.05) is 0 Å². The third-order valence-corrected chi connectivity index (χ3v) is 6.47. The molecule has 6 nitrogen and oxygen atoms in total. The van der Waals surface area contributed by atoms with Crippen LogP contribution in [-0.4, -0.2) is 28.8 Å². The van der Waals surface area contributed by atoms with Crippen LogP contribution in [-0.2, 0) is 16.2 Å². The van der Waals surface area contributed by atoms with E-state index in [9.17, 15) is 18.8 Å². The number of hydrogen-bond acceptors (Lipinski definition) is 4. The van der Waals surface area contributed by atoms with Crippen molar-refractivity contribution in [2.45, 2.75) is 44.8 Å². The number of rotatable bonds is 5. The summed E-state index contributed by atoms with van der Waals surface area (Å²) in [5.74, 6) is -0.949. The molecule has 0 atom stereocenters. The molecule has 0 radical (unpaired) electrons. The van der Waals surface area contributed by atoms with Crippen molar-refractivity contribution in [1.82, 2.24) is 10.2 Å². The summed E-state index contributed by atoms with van der Waals surface area (Å²) in [5.41, 5.74) is 1.30. The number of carbonyl (C=O) groups is 3. The molecule has 4 amide bonds. The molecule has 166 valence electrons.